The summed E-state index contributed by atoms with van der Waals surface area (Å²) < 4.78 is 0. The second-order valence-corrected chi connectivity index (χ2v) is 0. The van der Waals surface area contributed by atoms with Crippen molar-refractivity contribution in [2.45, 2.75) is 0 Å². The fourth-order valence-corrected chi connectivity index (χ4v) is 0. The van der Waals surface area contributed by atoms with Gasteiger partial charge < -0.3 is 13.6 Å². The largest absolute Gasteiger partial charge is 2.00 e. The van der Waals surface area contributed by atoms with Gasteiger partial charge in [0, 0.05) is 0 Å². The predicted molar refractivity (Wildman–Crippen MR) is 22.2 cm³/mol. The van der Waals surface area contributed by atoms with E-state index in [-0.39, 0.29) is 21.1 Å². The molecule has 0 aromatic carbocycles. The molecular formula is C2H4B2W. The van der Waals surface area contributed by atoms with Crippen LogP contribution in [-0.4, -0.2) is 15.7 Å². The monoisotopic (exact) mass is 234 g/mol. The van der Waals surface area contributed by atoms with E-state index in [0.29, 0.717) is 0 Å². The topological polar surface area (TPSA) is 0 Å². The molecule has 3 heteroatoms. The van der Waals surface area contributed by atoms with Gasteiger partial charge in [0.05, 0.1) is 0 Å². The van der Waals surface area contributed by atoms with Gasteiger partial charge in [0.15, 0.2) is 0 Å². The molecule has 0 fully saturated rings. The van der Waals surface area contributed by atoms with Crippen LogP contribution < -0.4 is 0 Å². The Bertz CT molecular complexity index is 7.61. The number of hydrogen-bond acceptors (Lipinski definition) is 0. The maximum atomic E-state index is 4.25. The van der Waals surface area contributed by atoms with E-state index in [1.54, 1.807) is 0 Å². The minimum Gasteiger partial charge on any atom is -0.382 e. The molecule has 0 atom stereocenters. The second kappa shape index (κ2) is 105. The third-order valence-corrected chi connectivity index (χ3v) is 0. The summed E-state index contributed by atoms with van der Waals surface area (Å²) in [5.74, 6) is 0. The Morgan fingerprint density at radius 3 is 0.800 bits per heavy atom. The summed E-state index contributed by atoms with van der Waals surface area (Å²) in [7, 11) is 8.50. The van der Waals surface area contributed by atoms with E-state index in [0.717, 1.165) is 0 Å². The SMILES string of the molecule is [B][CH2-].[B][CH2-].[W+2]. The van der Waals surface area contributed by atoms with Crippen LogP contribution in [0.2, 0.25) is 0 Å². The Balaban J connectivity index is -0.0000000133. The van der Waals surface area contributed by atoms with E-state index < -0.39 is 0 Å². The zero-order valence-corrected chi connectivity index (χ0v) is 5.91. The summed E-state index contributed by atoms with van der Waals surface area (Å²) in [6, 6.07) is 0. The first-order chi connectivity index (χ1) is 2.00. The van der Waals surface area contributed by atoms with Crippen molar-refractivity contribution in [2.24, 2.45) is 0 Å². The molecule has 0 spiro atoms. The molecule has 0 nitrogen and oxygen atoms in total. The van der Waals surface area contributed by atoms with Crippen LogP contribution in [0.15, 0.2) is 0 Å². The second-order valence-electron chi connectivity index (χ2n) is 0. The molecule has 0 rings (SSSR count). The molecule has 0 aromatic rings. The number of hydrogen-bond donors (Lipinski definition) is 0. The molecule has 24 valence electrons. The summed E-state index contributed by atoms with van der Waals surface area (Å²) in [5.41, 5.74) is 0. The van der Waals surface area contributed by atoms with Crippen molar-refractivity contribution in [2.75, 3.05) is 0 Å². The standard InChI is InChI=1S/2CH2B.W/c2*1-2;/h2*1H2;/q2*-1;+2. The van der Waals surface area contributed by atoms with Crippen LogP contribution in [0.1, 0.15) is 0 Å². The van der Waals surface area contributed by atoms with E-state index in [1.807, 2.05) is 0 Å². The number of rotatable bonds is 0. The normalized spacial score (nSPS) is 2.00. The van der Waals surface area contributed by atoms with Gasteiger partial charge in [0.2, 0.25) is 0 Å². The average Bonchev–Trinajstić information content (AvgIpc) is 1.50. The molecule has 0 aliphatic carbocycles. The molecule has 0 unspecified atom stereocenters. The van der Waals surface area contributed by atoms with Gasteiger partial charge in [-0.2, -0.15) is 15.7 Å². The van der Waals surface area contributed by atoms with Crippen LogP contribution in [0.3, 0.4) is 0 Å². The van der Waals surface area contributed by atoms with Crippen LogP contribution in [0.25, 0.3) is 0 Å². The molecule has 0 N–H and O–H groups in total. The smallest absolute Gasteiger partial charge is 0.382 e. The van der Waals surface area contributed by atoms with Crippen LogP contribution in [0.4, 0.5) is 0 Å². The first-order valence-electron chi connectivity index (χ1n) is 0.816. The Kier molecular flexibility index (Phi) is 357. The maximum absolute atomic E-state index is 4.25. The molecule has 0 saturated carbocycles. The van der Waals surface area contributed by atoms with Gasteiger partial charge >= 0.3 is 21.1 Å². The molecule has 0 heterocycles. The van der Waals surface area contributed by atoms with Crippen molar-refractivity contribution in [3.63, 3.8) is 0 Å². The van der Waals surface area contributed by atoms with Gasteiger partial charge in [-0.25, -0.2) is 0 Å². The van der Waals surface area contributed by atoms with Crippen LogP contribution in [-0.2, 0) is 21.1 Å². The minimum absolute atomic E-state index is 0. The molecule has 0 amide bonds. The Labute approximate surface area is 50.8 Å². The van der Waals surface area contributed by atoms with E-state index >= 15 is 0 Å². The molecule has 4 radical (unpaired) electrons. The first kappa shape index (κ1) is 17.0. The summed E-state index contributed by atoms with van der Waals surface area (Å²) in [4.78, 5) is 0. The van der Waals surface area contributed by atoms with Crippen molar-refractivity contribution in [1.82, 2.24) is 0 Å². The Hall–Kier alpha value is 0.818. The minimum atomic E-state index is 0. The van der Waals surface area contributed by atoms with Crippen molar-refractivity contribution in [3.8, 4) is 0 Å². The van der Waals surface area contributed by atoms with Crippen molar-refractivity contribution < 1.29 is 21.1 Å². The van der Waals surface area contributed by atoms with Gasteiger partial charge in [-0.3, -0.25) is 0 Å². The quantitative estimate of drug-likeness (QED) is 0.405. The maximum Gasteiger partial charge on any atom is 2.00 e. The third-order valence-electron chi connectivity index (χ3n) is 0. The van der Waals surface area contributed by atoms with Gasteiger partial charge in [0.1, 0.15) is 0 Å². The van der Waals surface area contributed by atoms with Gasteiger partial charge in [0.25, 0.3) is 0 Å². The molecule has 0 aliphatic rings. The van der Waals surface area contributed by atoms with E-state index in [1.165, 1.54) is 0 Å². The van der Waals surface area contributed by atoms with Crippen LogP contribution in [0.5, 0.6) is 0 Å². The first-order valence-corrected chi connectivity index (χ1v) is 0.816. The molecular weight excluding hydrogens is 229 g/mol. The van der Waals surface area contributed by atoms with Gasteiger partial charge in [-0.1, -0.05) is 0 Å². The van der Waals surface area contributed by atoms with Crippen molar-refractivity contribution >= 4 is 15.7 Å². The molecule has 0 bridgehead atoms. The third kappa shape index (κ3) is 57.2. The summed E-state index contributed by atoms with van der Waals surface area (Å²) in [6.45, 7) is 5.50. The zero-order chi connectivity index (χ0) is 4.00. The summed E-state index contributed by atoms with van der Waals surface area (Å²) >= 11 is 0. The van der Waals surface area contributed by atoms with E-state index in [2.05, 4.69) is 29.3 Å². The molecule has 5 heavy (non-hydrogen) atoms. The fourth-order valence-electron chi connectivity index (χ4n) is 0. The van der Waals surface area contributed by atoms with Crippen LogP contribution in [0, 0.1) is 13.6 Å². The Morgan fingerprint density at radius 1 is 0.800 bits per heavy atom. The molecule has 0 saturated heterocycles. The predicted octanol–water partition coefficient (Wildman–Crippen LogP) is -0.110. The van der Waals surface area contributed by atoms with E-state index in [4.69, 9.17) is 0 Å². The summed E-state index contributed by atoms with van der Waals surface area (Å²) in [6.07, 6.45) is 0. The Morgan fingerprint density at radius 2 is 0.800 bits per heavy atom. The fraction of sp³-hybridized carbons (Fsp3) is 0. The van der Waals surface area contributed by atoms with Crippen LogP contribution >= 0.6 is 0 Å². The summed E-state index contributed by atoms with van der Waals surface area (Å²) in [5, 5.41) is 0. The van der Waals surface area contributed by atoms with Gasteiger partial charge in [-0.15, -0.1) is 0 Å². The van der Waals surface area contributed by atoms with Crippen molar-refractivity contribution in [1.29, 1.82) is 0 Å². The van der Waals surface area contributed by atoms with E-state index in [9.17, 15) is 0 Å². The molecule has 0 aliphatic heterocycles. The average molecular weight is 234 g/mol. The van der Waals surface area contributed by atoms with Gasteiger partial charge in [-0.05, 0) is 0 Å². The molecule has 0 aromatic heterocycles. The zero-order valence-electron chi connectivity index (χ0n) is 2.98. The van der Waals surface area contributed by atoms with Crippen molar-refractivity contribution in [3.05, 3.63) is 13.6 Å².